The van der Waals surface area contributed by atoms with Crippen LogP contribution in [0.5, 0.6) is 5.75 Å². The zero-order valence-electron chi connectivity index (χ0n) is 11.2. The maximum absolute atomic E-state index is 12.2. The summed E-state index contributed by atoms with van der Waals surface area (Å²) in [5.74, 6) is 0.814. The summed E-state index contributed by atoms with van der Waals surface area (Å²) in [4.78, 5) is 14.1. The van der Waals surface area contributed by atoms with E-state index < -0.39 is 6.10 Å². The predicted octanol–water partition coefficient (Wildman–Crippen LogP) is 1.70. The summed E-state index contributed by atoms with van der Waals surface area (Å²) in [7, 11) is 0. The molecule has 1 aromatic rings. The minimum Gasteiger partial charge on any atom is -0.481 e. The highest BCUT2D eigenvalue weighted by Crippen LogP contribution is 2.12. The second kappa shape index (κ2) is 8.02. The summed E-state index contributed by atoms with van der Waals surface area (Å²) in [5, 5.41) is 3.29. The fraction of sp³-hybridized carbons (Fsp3) is 0.500. The smallest absolute Gasteiger partial charge is 0.263 e. The second-order valence-corrected chi connectivity index (χ2v) is 4.50. The zero-order valence-corrected chi connectivity index (χ0v) is 12.0. The first-order chi connectivity index (χ1) is 8.77. The Morgan fingerprint density at radius 2 is 2.00 bits per heavy atom. The average Bonchev–Trinajstić information content (AvgIpc) is 2.68. The molecule has 1 saturated heterocycles. The van der Waals surface area contributed by atoms with E-state index in [-0.39, 0.29) is 18.3 Å². The van der Waals surface area contributed by atoms with Crippen LogP contribution >= 0.6 is 12.4 Å². The molecule has 1 heterocycles. The second-order valence-electron chi connectivity index (χ2n) is 4.50. The minimum absolute atomic E-state index is 0. The molecular formula is C14H21ClN2O2. The first-order valence-electron chi connectivity index (χ1n) is 6.48. The van der Waals surface area contributed by atoms with E-state index in [1.807, 2.05) is 42.2 Å². The summed E-state index contributed by atoms with van der Waals surface area (Å²) < 4.78 is 5.66. The molecule has 2 rings (SSSR count). The van der Waals surface area contributed by atoms with E-state index in [4.69, 9.17) is 4.74 Å². The number of hydrogen-bond acceptors (Lipinski definition) is 3. The molecule has 1 atom stereocenters. The van der Waals surface area contributed by atoms with E-state index in [9.17, 15) is 4.79 Å². The topological polar surface area (TPSA) is 41.6 Å². The van der Waals surface area contributed by atoms with Crippen molar-refractivity contribution >= 4 is 18.3 Å². The van der Waals surface area contributed by atoms with Gasteiger partial charge in [0.2, 0.25) is 0 Å². The number of rotatable bonds is 3. The predicted molar refractivity (Wildman–Crippen MR) is 77.8 cm³/mol. The van der Waals surface area contributed by atoms with Crippen LogP contribution in [-0.2, 0) is 4.79 Å². The Bertz CT molecular complexity index is 378. The van der Waals surface area contributed by atoms with Gasteiger partial charge >= 0.3 is 0 Å². The highest BCUT2D eigenvalue weighted by atomic mass is 35.5. The highest BCUT2D eigenvalue weighted by Gasteiger charge is 2.22. The maximum Gasteiger partial charge on any atom is 0.263 e. The van der Waals surface area contributed by atoms with E-state index in [0.717, 1.165) is 38.3 Å². The van der Waals surface area contributed by atoms with Crippen molar-refractivity contribution < 1.29 is 9.53 Å². The van der Waals surface area contributed by atoms with Crippen molar-refractivity contribution in [2.24, 2.45) is 0 Å². The van der Waals surface area contributed by atoms with Crippen LogP contribution in [0.15, 0.2) is 30.3 Å². The van der Waals surface area contributed by atoms with Gasteiger partial charge in [0.05, 0.1) is 0 Å². The van der Waals surface area contributed by atoms with Gasteiger partial charge in [-0.05, 0) is 32.0 Å². The van der Waals surface area contributed by atoms with Gasteiger partial charge < -0.3 is 15.0 Å². The Labute approximate surface area is 120 Å². The number of hydrogen-bond donors (Lipinski definition) is 1. The molecule has 1 fully saturated rings. The van der Waals surface area contributed by atoms with Gasteiger partial charge in [-0.1, -0.05) is 18.2 Å². The molecule has 4 nitrogen and oxygen atoms in total. The van der Waals surface area contributed by atoms with Gasteiger partial charge in [0.15, 0.2) is 6.10 Å². The molecule has 5 heteroatoms. The molecule has 0 radical (unpaired) electrons. The standard InChI is InChI=1S/C14H20N2O2.ClH/c1-12(18-13-6-3-2-4-7-13)14(17)16-10-5-8-15-9-11-16;/h2-4,6-7,12,15H,5,8-11H2,1H3;1H. The van der Waals surface area contributed by atoms with Crippen LogP contribution in [0.3, 0.4) is 0 Å². The van der Waals surface area contributed by atoms with Crippen LogP contribution in [0.2, 0.25) is 0 Å². The van der Waals surface area contributed by atoms with E-state index in [2.05, 4.69) is 5.32 Å². The molecule has 0 spiro atoms. The summed E-state index contributed by atoms with van der Waals surface area (Å²) in [5.41, 5.74) is 0. The molecule has 0 aromatic heterocycles. The van der Waals surface area contributed by atoms with Crippen molar-refractivity contribution in [1.82, 2.24) is 10.2 Å². The third kappa shape index (κ3) is 4.73. The van der Waals surface area contributed by atoms with Crippen LogP contribution in [-0.4, -0.2) is 43.1 Å². The van der Waals surface area contributed by atoms with Gasteiger partial charge in [0, 0.05) is 19.6 Å². The third-order valence-corrected chi connectivity index (χ3v) is 3.06. The van der Waals surface area contributed by atoms with E-state index in [0.29, 0.717) is 0 Å². The molecule has 1 N–H and O–H groups in total. The number of carbonyl (C=O) groups excluding carboxylic acids is 1. The SMILES string of the molecule is CC(Oc1ccccc1)C(=O)N1CCCNCC1.Cl. The molecule has 0 aliphatic carbocycles. The Morgan fingerprint density at radius 3 is 2.74 bits per heavy atom. The van der Waals surface area contributed by atoms with Crippen molar-refractivity contribution in [2.75, 3.05) is 26.2 Å². The van der Waals surface area contributed by atoms with Crippen LogP contribution in [0.4, 0.5) is 0 Å². The maximum atomic E-state index is 12.2. The van der Waals surface area contributed by atoms with Crippen molar-refractivity contribution in [1.29, 1.82) is 0 Å². The number of nitrogens with one attached hydrogen (secondary N) is 1. The number of carbonyl (C=O) groups is 1. The third-order valence-electron chi connectivity index (χ3n) is 3.06. The first-order valence-corrected chi connectivity index (χ1v) is 6.48. The quantitative estimate of drug-likeness (QED) is 0.919. The average molecular weight is 285 g/mol. The van der Waals surface area contributed by atoms with Crippen molar-refractivity contribution in [3.63, 3.8) is 0 Å². The number of benzene rings is 1. The summed E-state index contributed by atoms with van der Waals surface area (Å²) in [6.45, 7) is 5.24. The Hall–Kier alpha value is -1.26. The van der Waals surface area contributed by atoms with Gasteiger partial charge in [-0.3, -0.25) is 4.79 Å². The van der Waals surface area contributed by atoms with Crippen LogP contribution in [0, 0.1) is 0 Å². The van der Waals surface area contributed by atoms with Gasteiger partial charge in [-0.2, -0.15) is 0 Å². The molecule has 0 saturated carbocycles. The lowest BCUT2D eigenvalue weighted by molar-refractivity contribution is -0.137. The lowest BCUT2D eigenvalue weighted by atomic mass is 10.3. The van der Waals surface area contributed by atoms with E-state index in [1.165, 1.54) is 0 Å². The molecule has 1 amide bonds. The molecule has 19 heavy (non-hydrogen) atoms. The molecule has 0 bridgehead atoms. The molecule has 1 unspecified atom stereocenters. The summed E-state index contributed by atoms with van der Waals surface area (Å²) >= 11 is 0. The number of ether oxygens (including phenoxy) is 1. The summed E-state index contributed by atoms with van der Waals surface area (Å²) in [6.07, 6.45) is 0.578. The Balaban J connectivity index is 0.00000180. The molecular weight excluding hydrogens is 264 g/mol. The van der Waals surface area contributed by atoms with Gasteiger partial charge in [0.1, 0.15) is 5.75 Å². The zero-order chi connectivity index (χ0) is 12.8. The number of amides is 1. The fourth-order valence-electron chi connectivity index (χ4n) is 2.08. The van der Waals surface area contributed by atoms with Crippen molar-refractivity contribution in [2.45, 2.75) is 19.4 Å². The van der Waals surface area contributed by atoms with Crippen LogP contribution in [0.25, 0.3) is 0 Å². The fourth-order valence-corrected chi connectivity index (χ4v) is 2.08. The highest BCUT2D eigenvalue weighted by molar-refractivity contribution is 5.85. The molecule has 106 valence electrons. The normalized spacial score (nSPS) is 17.0. The molecule has 1 aromatic carbocycles. The first kappa shape index (κ1) is 15.8. The number of para-hydroxylation sites is 1. The van der Waals surface area contributed by atoms with Crippen LogP contribution in [0.1, 0.15) is 13.3 Å². The monoisotopic (exact) mass is 284 g/mol. The largest absolute Gasteiger partial charge is 0.481 e. The van der Waals surface area contributed by atoms with E-state index >= 15 is 0 Å². The lowest BCUT2D eigenvalue weighted by Crippen LogP contribution is -2.42. The number of nitrogens with zero attached hydrogens (tertiary/aromatic N) is 1. The van der Waals surface area contributed by atoms with Crippen LogP contribution < -0.4 is 10.1 Å². The van der Waals surface area contributed by atoms with Gasteiger partial charge in [0.25, 0.3) is 5.91 Å². The minimum atomic E-state index is -0.425. The number of halogens is 1. The Kier molecular flexibility index (Phi) is 6.67. The van der Waals surface area contributed by atoms with Gasteiger partial charge in [-0.25, -0.2) is 0 Å². The Morgan fingerprint density at radius 1 is 1.26 bits per heavy atom. The van der Waals surface area contributed by atoms with Crippen molar-refractivity contribution in [3.05, 3.63) is 30.3 Å². The van der Waals surface area contributed by atoms with Gasteiger partial charge in [-0.15, -0.1) is 12.4 Å². The van der Waals surface area contributed by atoms with Crippen molar-refractivity contribution in [3.8, 4) is 5.75 Å². The van der Waals surface area contributed by atoms with E-state index in [1.54, 1.807) is 0 Å². The lowest BCUT2D eigenvalue weighted by Gasteiger charge is -2.24. The molecule has 1 aliphatic heterocycles. The molecule has 1 aliphatic rings. The summed E-state index contributed by atoms with van der Waals surface area (Å²) in [6, 6.07) is 9.48.